The van der Waals surface area contributed by atoms with Crippen LogP contribution in [0.4, 0.5) is 10.1 Å². The standard InChI is InChI=1S/C25H22FNO2/c1-28-21-13-11-20(12-14-21)27-16-23-22-8-4-2-6-18(22)10-15-25(23)29-17-19-7-3-5-9-24(19)26/h2-15,27H,16-17H2,1H3. The maximum atomic E-state index is 14.0. The van der Waals surface area contributed by atoms with E-state index in [9.17, 15) is 4.39 Å². The number of methoxy groups -OCH3 is 1. The monoisotopic (exact) mass is 387 g/mol. The predicted octanol–water partition coefficient (Wildman–Crippen LogP) is 6.18. The van der Waals surface area contributed by atoms with Gasteiger partial charge in [-0.3, -0.25) is 0 Å². The molecule has 0 amide bonds. The number of hydrogen-bond donors (Lipinski definition) is 1. The number of hydrogen-bond acceptors (Lipinski definition) is 3. The number of halogens is 1. The maximum absolute atomic E-state index is 14.0. The fourth-order valence-corrected chi connectivity index (χ4v) is 3.30. The Morgan fingerprint density at radius 1 is 0.828 bits per heavy atom. The summed E-state index contributed by atoms with van der Waals surface area (Å²) in [6, 6.07) is 26.6. The molecule has 146 valence electrons. The van der Waals surface area contributed by atoms with E-state index in [-0.39, 0.29) is 12.4 Å². The fourth-order valence-electron chi connectivity index (χ4n) is 3.30. The summed E-state index contributed by atoms with van der Waals surface area (Å²) in [5.74, 6) is 1.30. The van der Waals surface area contributed by atoms with Gasteiger partial charge in [0.25, 0.3) is 0 Å². The molecule has 0 atom stereocenters. The van der Waals surface area contributed by atoms with E-state index in [2.05, 4.69) is 17.4 Å². The first-order chi connectivity index (χ1) is 14.2. The van der Waals surface area contributed by atoms with Gasteiger partial charge in [0, 0.05) is 23.4 Å². The van der Waals surface area contributed by atoms with Gasteiger partial charge in [0.1, 0.15) is 23.9 Å². The average molecular weight is 387 g/mol. The summed E-state index contributed by atoms with van der Waals surface area (Å²) in [5.41, 5.74) is 2.56. The van der Waals surface area contributed by atoms with Crippen molar-refractivity contribution in [3.05, 3.63) is 102 Å². The van der Waals surface area contributed by atoms with Crippen molar-refractivity contribution in [3.63, 3.8) is 0 Å². The Morgan fingerprint density at radius 2 is 1.59 bits per heavy atom. The second-order valence-corrected chi connectivity index (χ2v) is 6.73. The van der Waals surface area contributed by atoms with Crippen LogP contribution in [-0.4, -0.2) is 7.11 Å². The van der Waals surface area contributed by atoms with E-state index in [4.69, 9.17) is 9.47 Å². The highest BCUT2D eigenvalue weighted by Gasteiger charge is 2.10. The zero-order valence-corrected chi connectivity index (χ0v) is 16.2. The average Bonchev–Trinajstić information content (AvgIpc) is 2.77. The van der Waals surface area contributed by atoms with Gasteiger partial charge in [-0.15, -0.1) is 0 Å². The summed E-state index contributed by atoms with van der Waals surface area (Å²) in [4.78, 5) is 0. The Morgan fingerprint density at radius 3 is 2.38 bits per heavy atom. The summed E-state index contributed by atoms with van der Waals surface area (Å²) in [6.07, 6.45) is 0. The van der Waals surface area contributed by atoms with Crippen LogP contribution in [0.25, 0.3) is 10.8 Å². The van der Waals surface area contributed by atoms with Crippen LogP contribution in [0.2, 0.25) is 0 Å². The Balaban J connectivity index is 1.60. The molecule has 0 aromatic heterocycles. The van der Waals surface area contributed by atoms with Crippen molar-refractivity contribution < 1.29 is 13.9 Å². The highest BCUT2D eigenvalue weighted by Crippen LogP contribution is 2.30. The summed E-state index contributed by atoms with van der Waals surface area (Å²) in [6.45, 7) is 0.765. The minimum atomic E-state index is -0.258. The fraction of sp³-hybridized carbons (Fsp3) is 0.120. The van der Waals surface area contributed by atoms with E-state index in [1.165, 1.54) is 6.07 Å². The van der Waals surface area contributed by atoms with Crippen molar-refractivity contribution in [2.45, 2.75) is 13.2 Å². The van der Waals surface area contributed by atoms with E-state index in [0.29, 0.717) is 12.1 Å². The first-order valence-corrected chi connectivity index (χ1v) is 9.49. The molecule has 4 rings (SSSR count). The molecule has 4 aromatic carbocycles. The van der Waals surface area contributed by atoms with Crippen molar-refractivity contribution in [1.29, 1.82) is 0 Å². The Labute approximate surface area is 169 Å². The minimum absolute atomic E-state index is 0.181. The van der Waals surface area contributed by atoms with Crippen molar-refractivity contribution in [3.8, 4) is 11.5 Å². The van der Waals surface area contributed by atoms with E-state index >= 15 is 0 Å². The summed E-state index contributed by atoms with van der Waals surface area (Å²) in [5, 5.41) is 5.69. The molecule has 0 aliphatic rings. The molecule has 0 saturated carbocycles. The third kappa shape index (κ3) is 4.32. The largest absolute Gasteiger partial charge is 0.497 e. The van der Waals surface area contributed by atoms with Crippen LogP contribution in [0.5, 0.6) is 11.5 Å². The van der Waals surface area contributed by atoms with Crippen molar-refractivity contribution in [2.24, 2.45) is 0 Å². The van der Waals surface area contributed by atoms with Gasteiger partial charge in [0.2, 0.25) is 0 Å². The number of anilines is 1. The third-order valence-corrected chi connectivity index (χ3v) is 4.90. The highest BCUT2D eigenvalue weighted by atomic mass is 19.1. The molecule has 1 N–H and O–H groups in total. The van der Waals surface area contributed by atoms with Crippen LogP contribution in [0.1, 0.15) is 11.1 Å². The number of nitrogens with one attached hydrogen (secondary N) is 1. The number of rotatable bonds is 7. The first kappa shape index (κ1) is 18.8. The van der Waals surface area contributed by atoms with Crippen LogP contribution in [0, 0.1) is 5.82 Å². The van der Waals surface area contributed by atoms with Crippen LogP contribution in [0.3, 0.4) is 0 Å². The lowest BCUT2D eigenvalue weighted by Gasteiger charge is -2.16. The molecule has 3 nitrogen and oxygen atoms in total. The molecule has 0 spiro atoms. The smallest absolute Gasteiger partial charge is 0.129 e. The van der Waals surface area contributed by atoms with Gasteiger partial charge >= 0.3 is 0 Å². The number of fused-ring (bicyclic) bond motifs is 1. The van der Waals surface area contributed by atoms with E-state index in [1.54, 1.807) is 19.2 Å². The van der Waals surface area contributed by atoms with E-state index < -0.39 is 0 Å². The molecule has 0 unspecified atom stereocenters. The van der Waals surface area contributed by atoms with Crippen LogP contribution >= 0.6 is 0 Å². The molecule has 29 heavy (non-hydrogen) atoms. The maximum Gasteiger partial charge on any atom is 0.129 e. The molecule has 0 radical (unpaired) electrons. The molecule has 0 aliphatic heterocycles. The van der Waals surface area contributed by atoms with E-state index in [0.717, 1.165) is 33.5 Å². The van der Waals surface area contributed by atoms with Gasteiger partial charge < -0.3 is 14.8 Å². The lowest BCUT2D eigenvalue weighted by molar-refractivity contribution is 0.297. The predicted molar refractivity (Wildman–Crippen MR) is 115 cm³/mol. The molecule has 0 fully saturated rings. The highest BCUT2D eigenvalue weighted by molar-refractivity contribution is 5.88. The summed E-state index contributed by atoms with van der Waals surface area (Å²) in [7, 11) is 1.65. The van der Waals surface area contributed by atoms with Gasteiger partial charge in [-0.05, 0) is 47.2 Å². The lowest BCUT2D eigenvalue weighted by Crippen LogP contribution is -2.05. The molecular weight excluding hydrogens is 365 g/mol. The number of ether oxygens (including phenoxy) is 2. The van der Waals surface area contributed by atoms with Gasteiger partial charge in [0.05, 0.1) is 7.11 Å². The molecule has 0 aliphatic carbocycles. The molecular formula is C25H22FNO2. The van der Waals surface area contributed by atoms with Gasteiger partial charge in [0.15, 0.2) is 0 Å². The minimum Gasteiger partial charge on any atom is -0.497 e. The normalized spacial score (nSPS) is 10.7. The van der Waals surface area contributed by atoms with Crippen molar-refractivity contribution in [2.75, 3.05) is 12.4 Å². The quantitative estimate of drug-likeness (QED) is 0.411. The molecule has 4 aromatic rings. The second kappa shape index (κ2) is 8.65. The molecule has 0 bridgehead atoms. The zero-order chi connectivity index (χ0) is 20.1. The van der Waals surface area contributed by atoms with Crippen molar-refractivity contribution >= 4 is 16.5 Å². The topological polar surface area (TPSA) is 30.5 Å². The Bertz CT molecular complexity index is 1110. The SMILES string of the molecule is COc1ccc(NCc2c(OCc3ccccc3F)ccc3ccccc23)cc1. The first-order valence-electron chi connectivity index (χ1n) is 9.49. The van der Waals surface area contributed by atoms with E-state index in [1.807, 2.05) is 54.6 Å². The lowest BCUT2D eigenvalue weighted by atomic mass is 10.0. The molecule has 0 heterocycles. The summed E-state index contributed by atoms with van der Waals surface area (Å²) >= 11 is 0. The van der Waals surface area contributed by atoms with Gasteiger partial charge in [-0.2, -0.15) is 0 Å². The summed E-state index contributed by atoms with van der Waals surface area (Å²) < 4.78 is 25.2. The van der Waals surface area contributed by atoms with Crippen LogP contribution < -0.4 is 14.8 Å². The number of benzene rings is 4. The molecule has 0 saturated heterocycles. The zero-order valence-electron chi connectivity index (χ0n) is 16.2. The second-order valence-electron chi connectivity index (χ2n) is 6.73. The van der Waals surface area contributed by atoms with Crippen LogP contribution in [-0.2, 0) is 13.2 Å². The van der Waals surface area contributed by atoms with Crippen molar-refractivity contribution in [1.82, 2.24) is 0 Å². The third-order valence-electron chi connectivity index (χ3n) is 4.90. The Kier molecular flexibility index (Phi) is 5.61. The van der Waals surface area contributed by atoms with Gasteiger partial charge in [-0.1, -0.05) is 48.5 Å². The van der Waals surface area contributed by atoms with Gasteiger partial charge in [-0.25, -0.2) is 4.39 Å². The molecule has 4 heteroatoms. The van der Waals surface area contributed by atoms with Crippen LogP contribution in [0.15, 0.2) is 84.9 Å². The Hall–Kier alpha value is -3.53.